The van der Waals surface area contributed by atoms with Crippen LogP contribution in [0.15, 0.2) is 29.4 Å². The molecule has 1 aromatic rings. The molecule has 72 valence electrons. The summed E-state index contributed by atoms with van der Waals surface area (Å²) in [6.45, 7) is 6.61. The van der Waals surface area contributed by atoms with Crippen molar-refractivity contribution in [2.45, 2.75) is 30.9 Å². The van der Waals surface area contributed by atoms with Gasteiger partial charge in [-0.15, -0.1) is 11.8 Å². The first-order chi connectivity index (χ1) is 6.09. The lowest BCUT2D eigenvalue weighted by molar-refractivity contribution is -0.605. The molecule has 0 fully saturated rings. The normalized spacial score (nSPS) is 13.2. The lowest BCUT2D eigenvalue weighted by Gasteiger charge is -2.14. The molecule has 1 rings (SSSR count). The smallest absolute Gasteiger partial charge is 0.181 e. The van der Waals surface area contributed by atoms with Crippen molar-refractivity contribution in [3.05, 3.63) is 29.7 Å². The largest absolute Gasteiger partial charge is 0.619 e. The third-order valence-electron chi connectivity index (χ3n) is 2.03. The van der Waals surface area contributed by atoms with Crippen LogP contribution in [0.2, 0.25) is 0 Å². The Labute approximate surface area is 83.6 Å². The van der Waals surface area contributed by atoms with Crippen LogP contribution in [0.3, 0.4) is 0 Å². The molecule has 3 heteroatoms. The average molecular weight is 197 g/mol. The molecule has 0 amide bonds. The van der Waals surface area contributed by atoms with Gasteiger partial charge in [-0.25, -0.2) is 0 Å². The summed E-state index contributed by atoms with van der Waals surface area (Å²) in [5.74, 6) is 0.657. The van der Waals surface area contributed by atoms with Gasteiger partial charge < -0.3 is 5.21 Å². The molecule has 0 aliphatic rings. The van der Waals surface area contributed by atoms with E-state index in [1.54, 1.807) is 0 Å². The number of hydrogen-bond donors (Lipinski definition) is 0. The van der Waals surface area contributed by atoms with Gasteiger partial charge in [-0.05, 0) is 5.92 Å². The van der Waals surface area contributed by atoms with Gasteiger partial charge >= 0.3 is 0 Å². The zero-order chi connectivity index (χ0) is 9.84. The minimum absolute atomic E-state index is 0.586. The van der Waals surface area contributed by atoms with E-state index in [-0.39, 0.29) is 0 Å². The molecule has 0 aliphatic heterocycles. The Hall–Kier alpha value is -0.700. The number of pyridine rings is 1. The van der Waals surface area contributed by atoms with Crippen molar-refractivity contribution in [1.29, 1.82) is 0 Å². The van der Waals surface area contributed by atoms with Gasteiger partial charge in [-0.2, -0.15) is 4.73 Å². The fourth-order valence-electron chi connectivity index (χ4n) is 0.828. The number of nitrogens with zero attached hydrogens (tertiary/aromatic N) is 1. The Kier molecular flexibility index (Phi) is 3.60. The Balaban J connectivity index is 2.59. The van der Waals surface area contributed by atoms with E-state index in [0.717, 1.165) is 9.63 Å². The van der Waals surface area contributed by atoms with Crippen molar-refractivity contribution in [1.82, 2.24) is 0 Å². The molecular weight excluding hydrogens is 182 g/mol. The van der Waals surface area contributed by atoms with Crippen molar-refractivity contribution < 1.29 is 4.73 Å². The molecule has 0 spiro atoms. The van der Waals surface area contributed by atoms with Gasteiger partial charge in [0.25, 0.3) is 0 Å². The van der Waals surface area contributed by atoms with Crippen LogP contribution in [0.1, 0.15) is 20.8 Å². The second-order valence-corrected chi connectivity index (χ2v) is 4.91. The van der Waals surface area contributed by atoms with E-state index in [1.807, 2.05) is 23.9 Å². The van der Waals surface area contributed by atoms with Crippen molar-refractivity contribution in [3.63, 3.8) is 0 Å². The van der Waals surface area contributed by atoms with E-state index in [2.05, 4.69) is 20.8 Å². The van der Waals surface area contributed by atoms with E-state index in [1.165, 1.54) is 12.4 Å². The fourth-order valence-corrected chi connectivity index (χ4v) is 1.81. The maximum atomic E-state index is 10.7. The van der Waals surface area contributed by atoms with Crippen LogP contribution < -0.4 is 4.73 Å². The molecule has 1 heterocycles. The highest BCUT2D eigenvalue weighted by atomic mass is 32.2. The average Bonchev–Trinajstić information content (AvgIpc) is 2.08. The van der Waals surface area contributed by atoms with Gasteiger partial charge in [0.05, 0.1) is 0 Å². The van der Waals surface area contributed by atoms with Gasteiger partial charge in [0.1, 0.15) is 0 Å². The molecule has 0 bridgehead atoms. The molecule has 0 radical (unpaired) electrons. The van der Waals surface area contributed by atoms with Gasteiger partial charge in [0.2, 0.25) is 0 Å². The number of rotatable bonds is 3. The van der Waals surface area contributed by atoms with Crippen molar-refractivity contribution in [2.24, 2.45) is 5.92 Å². The molecule has 0 N–H and O–H groups in total. The Morgan fingerprint density at radius 1 is 1.23 bits per heavy atom. The van der Waals surface area contributed by atoms with E-state index in [4.69, 9.17) is 0 Å². The van der Waals surface area contributed by atoms with Gasteiger partial charge in [-0.1, -0.05) is 20.8 Å². The fraction of sp³-hybridized carbons (Fsp3) is 0.500. The maximum absolute atomic E-state index is 10.7. The van der Waals surface area contributed by atoms with Crippen LogP contribution in [-0.4, -0.2) is 5.25 Å². The van der Waals surface area contributed by atoms with Gasteiger partial charge in [0, 0.05) is 22.3 Å². The lowest BCUT2D eigenvalue weighted by atomic mass is 10.2. The Morgan fingerprint density at radius 2 is 1.77 bits per heavy atom. The summed E-state index contributed by atoms with van der Waals surface area (Å²) in [5.41, 5.74) is 0. The van der Waals surface area contributed by atoms with Crippen molar-refractivity contribution in [3.8, 4) is 0 Å². The zero-order valence-corrected chi connectivity index (χ0v) is 9.04. The molecule has 0 saturated heterocycles. The summed E-state index contributed by atoms with van der Waals surface area (Å²) in [5, 5.41) is 11.3. The molecule has 2 nitrogen and oxygen atoms in total. The van der Waals surface area contributed by atoms with Crippen LogP contribution in [0.4, 0.5) is 0 Å². The first-order valence-electron chi connectivity index (χ1n) is 4.45. The Morgan fingerprint density at radius 3 is 2.23 bits per heavy atom. The molecule has 0 saturated carbocycles. The predicted octanol–water partition coefficient (Wildman–Crippen LogP) is 2.46. The summed E-state index contributed by atoms with van der Waals surface area (Å²) in [4.78, 5) is 1.16. The third kappa shape index (κ3) is 3.27. The van der Waals surface area contributed by atoms with Crippen LogP contribution in [-0.2, 0) is 0 Å². The first-order valence-corrected chi connectivity index (χ1v) is 5.33. The molecule has 1 unspecified atom stereocenters. The van der Waals surface area contributed by atoms with Crippen LogP contribution in [0, 0.1) is 11.1 Å². The molecule has 13 heavy (non-hydrogen) atoms. The second-order valence-electron chi connectivity index (χ2n) is 3.46. The molecule has 0 aromatic carbocycles. The highest BCUT2D eigenvalue weighted by Crippen LogP contribution is 2.26. The van der Waals surface area contributed by atoms with E-state index in [9.17, 15) is 5.21 Å². The number of hydrogen-bond acceptors (Lipinski definition) is 2. The highest BCUT2D eigenvalue weighted by Gasteiger charge is 2.08. The first kappa shape index (κ1) is 10.4. The van der Waals surface area contributed by atoms with E-state index in [0.29, 0.717) is 11.2 Å². The van der Waals surface area contributed by atoms with Crippen molar-refractivity contribution >= 4 is 11.8 Å². The van der Waals surface area contributed by atoms with Crippen LogP contribution in [0.25, 0.3) is 0 Å². The number of aromatic nitrogens is 1. The van der Waals surface area contributed by atoms with E-state index >= 15 is 0 Å². The summed E-state index contributed by atoms with van der Waals surface area (Å²) < 4.78 is 0.810. The van der Waals surface area contributed by atoms with Crippen LogP contribution in [0.5, 0.6) is 0 Å². The standard InChI is InChI=1S/C10H15NOS/c1-8(2)9(3)13-10-4-6-11(12)7-5-10/h4-9H,1-3H3. The monoisotopic (exact) mass is 197 g/mol. The predicted molar refractivity (Wildman–Crippen MR) is 55.6 cm³/mol. The summed E-state index contributed by atoms with van der Waals surface area (Å²) in [6.07, 6.45) is 3.07. The van der Waals surface area contributed by atoms with Crippen LogP contribution >= 0.6 is 11.8 Å². The molecule has 1 atom stereocenters. The number of thioether (sulfide) groups is 1. The SMILES string of the molecule is CC(C)C(C)Sc1cc[n+]([O-])cc1. The minimum atomic E-state index is 0.586. The Bertz CT molecular complexity index is 258. The summed E-state index contributed by atoms with van der Waals surface area (Å²) >= 11 is 1.81. The third-order valence-corrected chi connectivity index (χ3v) is 3.49. The topological polar surface area (TPSA) is 26.9 Å². The van der Waals surface area contributed by atoms with Gasteiger partial charge in [0.15, 0.2) is 12.4 Å². The minimum Gasteiger partial charge on any atom is -0.619 e. The van der Waals surface area contributed by atoms with Gasteiger partial charge in [-0.3, -0.25) is 0 Å². The van der Waals surface area contributed by atoms with E-state index < -0.39 is 0 Å². The maximum Gasteiger partial charge on any atom is 0.181 e. The molecule has 0 aliphatic carbocycles. The summed E-state index contributed by atoms with van der Waals surface area (Å²) in [7, 11) is 0. The zero-order valence-electron chi connectivity index (χ0n) is 8.23. The molecular formula is C10H15NOS. The second kappa shape index (κ2) is 4.51. The highest BCUT2D eigenvalue weighted by molar-refractivity contribution is 8.00. The summed E-state index contributed by atoms with van der Waals surface area (Å²) in [6, 6.07) is 3.72. The van der Waals surface area contributed by atoms with Crippen molar-refractivity contribution in [2.75, 3.05) is 0 Å². The lowest BCUT2D eigenvalue weighted by Crippen LogP contribution is -2.23. The quantitative estimate of drug-likeness (QED) is 0.423. The molecule has 1 aromatic heterocycles.